The molecule has 2 aliphatic rings. The van der Waals surface area contributed by atoms with Crippen LogP contribution in [-0.4, -0.2) is 42.3 Å². The number of carbonyl (C=O) groups excluding carboxylic acids is 1. The Morgan fingerprint density at radius 1 is 0.971 bits per heavy atom. The lowest BCUT2D eigenvalue weighted by Crippen LogP contribution is -2.56. The van der Waals surface area contributed by atoms with E-state index >= 15 is 0 Å². The molecule has 4 rings (SSSR count). The van der Waals surface area contributed by atoms with Gasteiger partial charge in [0.05, 0.1) is 0 Å². The summed E-state index contributed by atoms with van der Waals surface area (Å²) >= 11 is 0. The van der Waals surface area contributed by atoms with E-state index in [0.717, 1.165) is 51.7 Å². The molecule has 0 aromatic heterocycles. The van der Waals surface area contributed by atoms with E-state index in [1.165, 1.54) is 11.1 Å². The molecule has 35 heavy (non-hydrogen) atoms. The molecule has 0 bridgehead atoms. The first-order valence-corrected chi connectivity index (χ1v) is 13.3. The fourth-order valence-corrected chi connectivity index (χ4v) is 6.59. The Kier molecular flexibility index (Phi) is 8.18. The minimum absolute atomic E-state index is 0.0796. The summed E-state index contributed by atoms with van der Waals surface area (Å²) in [5.74, 6) is 0.779. The van der Waals surface area contributed by atoms with Crippen LogP contribution in [0.4, 0.5) is 4.79 Å². The Hall–Kier alpha value is -2.37. The molecule has 1 aliphatic carbocycles. The Morgan fingerprint density at radius 2 is 1.60 bits per heavy atom. The molecule has 1 saturated heterocycles. The van der Waals surface area contributed by atoms with Gasteiger partial charge in [0.15, 0.2) is 0 Å². The summed E-state index contributed by atoms with van der Waals surface area (Å²) in [5.41, 5.74) is 8.78. The molecule has 190 valence electrons. The van der Waals surface area contributed by atoms with E-state index in [4.69, 9.17) is 10.5 Å². The molecular weight excluding hydrogens is 434 g/mol. The van der Waals surface area contributed by atoms with Gasteiger partial charge in [-0.25, -0.2) is 4.79 Å². The first kappa shape index (κ1) is 25.7. The lowest BCUT2D eigenvalue weighted by atomic mass is 9.58. The van der Waals surface area contributed by atoms with Crippen molar-refractivity contribution in [3.05, 3.63) is 71.8 Å². The molecule has 2 fully saturated rings. The van der Waals surface area contributed by atoms with E-state index in [1.807, 2.05) is 20.8 Å². The molecule has 0 spiro atoms. The lowest BCUT2D eigenvalue weighted by molar-refractivity contribution is 0.0424. The number of carbonyl (C=O) groups is 1. The highest BCUT2D eigenvalue weighted by Gasteiger charge is 2.51. The molecule has 0 radical (unpaired) electrons. The van der Waals surface area contributed by atoms with Crippen molar-refractivity contribution in [2.24, 2.45) is 17.6 Å². The van der Waals surface area contributed by atoms with Gasteiger partial charge in [-0.1, -0.05) is 67.1 Å². The minimum Gasteiger partial charge on any atom is -0.444 e. The standard InChI is InChI=1S/C30H43N3O2/c1-29(2,3)35-28(34)32-27-16-10-15-26(27)30(22-31,24-13-8-5-9-14-24)25-17-19-33(20-18-25)21-23-11-6-4-7-12-23/h4-9,11-14,25-27H,10,15-22,31H2,1-3H3,(H,32,34)/t26-,27-,30?/m0/s1. The van der Waals surface area contributed by atoms with E-state index in [2.05, 4.69) is 70.9 Å². The number of amides is 1. The van der Waals surface area contributed by atoms with Gasteiger partial charge in [-0.15, -0.1) is 0 Å². The fourth-order valence-electron chi connectivity index (χ4n) is 6.59. The van der Waals surface area contributed by atoms with Gasteiger partial charge in [-0.05, 0) is 82.5 Å². The van der Waals surface area contributed by atoms with E-state index in [1.54, 1.807) is 0 Å². The normalized spacial score (nSPS) is 23.5. The van der Waals surface area contributed by atoms with Crippen molar-refractivity contribution < 1.29 is 9.53 Å². The molecule has 5 heteroatoms. The predicted octanol–water partition coefficient (Wildman–Crippen LogP) is 5.49. The number of piperidine rings is 1. The summed E-state index contributed by atoms with van der Waals surface area (Å²) in [6.45, 7) is 9.48. The highest BCUT2D eigenvalue weighted by molar-refractivity contribution is 5.68. The van der Waals surface area contributed by atoms with Crippen molar-refractivity contribution in [2.75, 3.05) is 19.6 Å². The maximum absolute atomic E-state index is 12.7. The van der Waals surface area contributed by atoms with Crippen LogP contribution in [0.25, 0.3) is 0 Å². The molecular formula is C30H43N3O2. The number of rotatable bonds is 7. The summed E-state index contributed by atoms with van der Waals surface area (Å²) in [5, 5.41) is 3.25. The Bertz CT molecular complexity index is 935. The molecule has 1 amide bonds. The third-order valence-corrected chi connectivity index (χ3v) is 8.09. The molecule has 1 saturated carbocycles. The summed E-state index contributed by atoms with van der Waals surface area (Å²) in [4.78, 5) is 15.3. The Balaban J connectivity index is 1.55. The van der Waals surface area contributed by atoms with E-state index in [-0.39, 0.29) is 17.6 Å². The van der Waals surface area contributed by atoms with Crippen LogP contribution < -0.4 is 11.1 Å². The van der Waals surface area contributed by atoms with Crippen molar-refractivity contribution in [1.82, 2.24) is 10.2 Å². The van der Waals surface area contributed by atoms with Crippen LogP contribution in [0.3, 0.4) is 0 Å². The number of alkyl carbamates (subject to hydrolysis) is 1. The molecule has 5 nitrogen and oxygen atoms in total. The number of hydrogen-bond donors (Lipinski definition) is 2. The fraction of sp³-hybridized carbons (Fsp3) is 0.567. The maximum atomic E-state index is 12.7. The van der Waals surface area contributed by atoms with Crippen molar-refractivity contribution >= 4 is 6.09 Å². The topological polar surface area (TPSA) is 67.6 Å². The lowest BCUT2D eigenvalue weighted by Gasteiger charge is -2.50. The van der Waals surface area contributed by atoms with Crippen molar-refractivity contribution in [1.29, 1.82) is 0 Å². The van der Waals surface area contributed by atoms with Gasteiger partial charge >= 0.3 is 6.09 Å². The van der Waals surface area contributed by atoms with Gasteiger partial charge in [0, 0.05) is 24.5 Å². The predicted molar refractivity (Wildman–Crippen MR) is 142 cm³/mol. The average molecular weight is 478 g/mol. The Labute approximate surface area is 211 Å². The number of hydrogen-bond acceptors (Lipinski definition) is 4. The van der Waals surface area contributed by atoms with Gasteiger partial charge in [0.25, 0.3) is 0 Å². The summed E-state index contributed by atoms with van der Waals surface area (Å²) < 4.78 is 5.63. The molecule has 1 heterocycles. The van der Waals surface area contributed by atoms with Gasteiger partial charge < -0.3 is 15.8 Å². The smallest absolute Gasteiger partial charge is 0.407 e. The summed E-state index contributed by atoms with van der Waals surface area (Å²) in [6, 6.07) is 21.7. The van der Waals surface area contributed by atoms with Crippen LogP contribution in [0.2, 0.25) is 0 Å². The zero-order valence-electron chi connectivity index (χ0n) is 21.7. The van der Waals surface area contributed by atoms with Crippen molar-refractivity contribution in [2.45, 2.75) is 76.5 Å². The molecule has 2 aromatic rings. The second-order valence-electron chi connectivity index (χ2n) is 11.4. The van der Waals surface area contributed by atoms with Crippen molar-refractivity contribution in [3.8, 4) is 0 Å². The van der Waals surface area contributed by atoms with Crippen LogP contribution in [0.5, 0.6) is 0 Å². The SMILES string of the molecule is CC(C)(C)OC(=O)N[C@H]1CCC[C@@H]1C(CN)(c1ccccc1)C1CCN(Cc2ccccc2)CC1. The zero-order valence-corrected chi connectivity index (χ0v) is 21.7. The Morgan fingerprint density at radius 3 is 2.20 bits per heavy atom. The molecule has 2 aromatic carbocycles. The van der Waals surface area contributed by atoms with E-state index in [0.29, 0.717) is 18.4 Å². The number of nitrogens with two attached hydrogens (primary N) is 1. The van der Waals surface area contributed by atoms with E-state index < -0.39 is 5.60 Å². The molecule has 1 aliphatic heterocycles. The maximum Gasteiger partial charge on any atom is 0.407 e. The first-order valence-electron chi connectivity index (χ1n) is 13.3. The monoisotopic (exact) mass is 477 g/mol. The molecule has 3 atom stereocenters. The quantitative estimate of drug-likeness (QED) is 0.553. The highest BCUT2D eigenvalue weighted by Crippen LogP contribution is 2.50. The van der Waals surface area contributed by atoms with Crippen LogP contribution in [-0.2, 0) is 16.7 Å². The summed E-state index contributed by atoms with van der Waals surface area (Å²) in [7, 11) is 0. The minimum atomic E-state index is -0.506. The summed E-state index contributed by atoms with van der Waals surface area (Å²) in [6.07, 6.45) is 5.09. The van der Waals surface area contributed by atoms with Crippen LogP contribution >= 0.6 is 0 Å². The van der Waals surface area contributed by atoms with Gasteiger partial charge in [0.2, 0.25) is 0 Å². The van der Waals surface area contributed by atoms with Gasteiger partial charge in [0.1, 0.15) is 5.60 Å². The highest BCUT2D eigenvalue weighted by atomic mass is 16.6. The van der Waals surface area contributed by atoms with E-state index in [9.17, 15) is 4.79 Å². The second-order valence-corrected chi connectivity index (χ2v) is 11.4. The zero-order chi connectivity index (χ0) is 24.9. The van der Waals surface area contributed by atoms with Crippen LogP contribution in [0.1, 0.15) is 64.0 Å². The number of ether oxygens (including phenoxy) is 1. The largest absolute Gasteiger partial charge is 0.444 e. The van der Waals surface area contributed by atoms with Gasteiger partial charge in [-0.2, -0.15) is 0 Å². The average Bonchev–Trinajstić information content (AvgIpc) is 3.29. The third-order valence-electron chi connectivity index (χ3n) is 8.09. The molecule has 1 unspecified atom stereocenters. The second kappa shape index (κ2) is 11.1. The van der Waals surface area contributed by atoms with Gasteiger partial charge in [-0.3, -0.25) is 4.90 Å². The number of benzene rings is 2. The third kappa shape index (κ3) is 6.07. The number of nitrogens with zero attached hydrogens (tertiary/aromatic N) is 1. The van der Waals surface area contributed by atoms with Crippen molar-refractivity contribution in [3.63, 3.8) is 0 Å². The van der Waals surface area contributed by atoms with Crippen LogP contribution in [0.15, 0.2) is 60.7 Å². The molecule has 3 N–H and O–H groups in total. The number of nitrogens with one attached hydrogen (secondary N) is 1. The van der Waals surface area contributed by atoms with Crippen LogP contribution in [0, 0.1) is 11.8 Å². The number of likely N-dealkylation sites (tertiary alicyclic amines) is 1. The first-order chi connectivity index (χ1) is 16.8.